The SMILES string of the molecule is CCc1ccccc1NC(=O)C/C(C)=N/NC(=O)c1ccc(O)cc1. The molecule has 0 unspecified atom stereocenters. The summed E-state index contributed by atoms with van der Waals surface area (Å²) in [5, 5.41) is 16.0. The summed E-state index contributed by atoms with van der Waals surface area (Å²) < 4.78 is 0. The summed E-state index contributed by atoms with van der Waals surface area (Å²) in [5.41, 5.74) is 5.10. The van der Waals surface area contributed by atoms with Crippen molar-refractivity contribution in [2.75, 3.05) is 5.32 Å². The zero-order valence-electron chi connectivity index (χ0n) is 14.2. The van der Waals surface area contributed by atoms with Gasteiger partial charge in [-0.05, 0) is 49.2 Å². The third-order valence-electron chi connectivity index (χ3n) is 3.57. The molecule has 0 atom stereocenters. The van der Waals surface area contributed by atoms with Crippen LogP contribution in [-0.4, -0.2) is 22.6 Å². The summed E-state index contributed by atoms with van der Waals surface area (Å²) >= 11 is 0. The summed E-state index contributed by atoms with van der Waals surface area (Å²) in [6, 6.07) is 13.4. The van der Waals surface area contributed by atoms with Gasteiger partial charge in [-0.3, -0.25) is 9.59 Å². The zero-order valence-corrected chi connectivity index (χ0v) is 14.2. The number of carbonyl (C=O) groups excluding carboxylic acids is 2. The zero-order chi connectivity index (χ0) is 18.2. The molecule has 0 heterocycles. The van der Waals surface area contributed by atoms with Crippen LogP contribution in [0.1, 0.15) is 36.2 Å². The molecule has 0 aliphatic rings. The van der Waals surface area contributed by atoms with Crippen LogP contribution in [-0.2, 0) is 11.2 Å². The highest BCUT2D eigenvalue weighted by Gasteiger charge is 2.08. The van der Waals surface area contributed by atoms with E-state index in [9.17, 15) is 14.7 Å². The molecule has 130 valence electrons. The predicted octanol–water partition coefficient (Wildman–Crippen LogP) is 3.09. The maximum Gasteiger partial charge on any atom is 0.271 e. The van der Waals surface area contributed by atoms with Gasteiger partial charge in [0.15, 0.2) is 0 Å². The first-order valence-corrected chi connectivity index (χ1v) is 8.00. The standard InChI is InChI=1S/C19H21N3O3/c1-3-14-6-4-5-7-17(14)20-18(24)12-13(2)21-22-19(25)15-8-10-16(23)11-9-15/h4-11,23H,3,12H2,1-2H3,(H,20,24)(H,22,25)/b21-13+. The van der Waals surface area contributed by atoms with Crippen LogP contribution in [0.15, 0.2) is 53.6 Å². The van der Waals surface area contributed by atoms with Crippen molar-refractivity contribution in [2.24, 2.45) is 5.10 Å². The molecule has 0 radical (unpaired) electrons. The van der Waals surface area contributed by atoms with Gasteiger partial charge >= 0.3 is 0 Å². The fourth-order valence-electron chi connectivity index (χ4n) is 2.24. The van der Waals surface area contributed by atoms with Crippen molar-refractivity contribution >= 4 is 23.2 Å². The van der Waals surface area contributed by atoms with E-state index in [0.717, 1.165) is 17.7 Å². The molecule has 25 heavy (non-hydrogen) atoms. The summed E-state index contributed by atoms with van der Waals surface area (Å²) in [6.45, 7) is 3.69. The summed E-state index contributed by atoms with van der Waals surface area (Å²) in [5.74, 6) is -0.516. The van der Waals surface area contributed by atoms with E-state index in [2.05, 4.69) is 15.8 Å². The Morgan fingerprint density at radius 3 is 2.44 bits per heavy atom. The van der Waals surface area contributed by atoms with Crippen LogP contribution in [0.4, 0.5) is 5.69 Å². The van der Waals surface area contributed by atoms with Crippen LogP contribution in [0, 0.1) is 0 Å². The molecular formula is C19H21N3O3. The van der Waals surface area contributed by atoms with E-state index in [4.69, 9.17) is 0 Å². The van der Waals surface area contributed by atoms with Gasteiger partial charge in [-0.1, -0.05) is 25.1 Å². The maximum absolute atomic E-state index is 12.1. The minimum absolute atomic E-state index is 0.0773. The monoisotopic (exact) mass is 339 g/mol. The Morgan fingerprint density at radius 2 is 1.76 bits per heavy atom. The number of nitrogens with one attached hydrogen (secondary N) is 2. The highest BCUT2D eigenvalue weighted by Crippen LogP contribution is 2.15. The van der Waals surface area contributed by atoms with Crippen molar-refractivity contribution < 1.29 is 14.7 Å². The fraction of sp³-hybridized carbons (Fsp3) is 0.211. The summed E-state index contributed by atoms with van der Waals surface area (Å²) in [4.78, 5) is 24.0. The van der Waals surface area contributed by atoms with Gasteiger partial charge in [0.2, 0.25) is 5.91 Å². The van der Waals surface area contributed by atoms with E-state index in [0.29, 0.717) is 11.3 Å². The average Bonchev–Trinajstić information content (AvgIpc) is 2.60. The quantitative estimate of drug-likeness (QED) is 0.558. The first-order chi connectivity index (χ1) is 12.0. The molecule has 0 fully saturated rings. The molecule has 0 aromatic heterocycles. The van der Waals surface area contributed by atoms with Crippen molar-refractivity contribution in [3.05, 3.63) is 59.7 Å². The van der Waals surface area contributed by atoms with Gasteiger partial charge in [0.1, 0.15) is 5.75 Å². The molecular weight excluding hydrogens is 318 g/mol. The lowest BCUT2D eigenvalue weighted by Crippen LogP contribution is -2.21. The number of rotatable bonds is 6. The first-order valence-electron chi connectivity index (χ1n) is 8.00. The van der Waals surface area contributed by atoms with Gasteiger partial charge in [0.05, 0.1) is 6.42 Å². The number of carbonyl (C=O) groups is 2. The Labute approximate surface area is 146 Å². The van der Waals surface area contributed by atoms with Crippen molar-refractivity contribution in [1.82, 2.24) is 5.43 Å². The molecule has 2 rings (SSSR count). The van der Waals surface area contributed by atoms with Gasteiger partial charge in [0, 0.05) is 17.0 Å². The van der Waals surface area contributed by atoms with Crippen LogP contribution in [0.25, 0.3) is 0 Å². The van der Waals surface area contributed by atoms with Crippen LogP contribution in [0.3, 0.4) is 0 Å². The smallest absolute Gasteiger partial charge is 0.271 e. The van der Waals surface area contributed by atoms with Gasteiger partial charge in [0.25, 0.3) is 5.91 Å². The lowest BCUT2D eigenvalue weighted by atomic mass is 10.1. The number of benzene rings is 2. The van der Waals surface area contributed by atoms with Crippen LogP contribution < -0.4 is 10.7 Å². The minimum atomic E-state index is -0.406. The van der Waals surface area contributed by atoms with Gasteiger partial charge in [-0.25, -0.2) is 5.43 Å². The van der Waals surface area contributed by atoms with E-state index in [1.807, 2.05) is 31.2 Å². The van der Waals surface area contributed by atoms with E-state index < -0.39 is 5.91 Å². The normalized spacial score (nSPS) is 11.0. The second kappa shape index (κ2) is 8.63. The number of para-hydroxylation sites is 1. The summed E-state index contributed by atoms with van der Waals surface area (Å²) in [6.07, 6.45) is 0.903. The van der Waals surface area contributed by atoms with Gasteiger partial charge in [-0.15, -0.1) is 0 Å². The first kappa shape index (κ1) is 18.2. The molecule has 6 heteroatoms. The molecule has 2 amide bonds. The molecule has 2 aromatic carbocycles. The van der Waals surface area contributed by atoms with Gasteiger partial charge < -0.3 is 10.4 Å². The molecule has 0 bridgehead atoms. The maximum atomic E-state index is 12.1. The number of nitrogens with zero attached hydrogens (tertiary/aromatic N) is 1. The van der Waals surface area contributed by atoms with Crippen LogP contribution in [0.5, 0.6) is 5.75 Å². The number of phenolic OH excluding ortho intramolecular Hbond substituents is 1. The fourth-order valence-corrected chi connectivity index (χ4v) is 2.24. The lowest BCUT2D eigenvalue weighted by Gasteiger charge is -2.09. The number of amides is 2. The molecule has 0 aliphatic carbocycles. The Balaban J connectivity index is 1.90. The Hall–Kier alpha value is -3.15. The lowest BCUT2D eigenvalue weighted by molar-refractivity contribution is -0.115. The molecule has 6 nitrogen and oxygen atoms in total. The second-order valence-corrected chi connectivity index (χ2v) is 5.57. The van der Waals surface area contributed by atoms with E-state index in [-0.39, 0.29) is 18.1 Å². The van der Waals surface area contributed by atoms with Gasteiger partial charge in [-0.2, -0.15) is 5.10 Å². The van der Waals surface area contributed by atoms with Crippen molar-refractivity contribution in [3.63, 3.8) is 0 Å². The molecule has 0 saturated heterocycles. The second-order valence-electron chi connectivity index (χ2n) is 5.57. The number of aromatic hydroxyl groups is 1. The molecule has 3 N–H and O–H groups in total. The van der Waals surface area contributed by atoms with E-state index in [1.54, 1.807) is 6.92 Å². The van der Waals surface area contributed by atoms with Crippen LogP contribution >= 0.6 is 0 Å². The minimum Gasteiger partial charge on any atom is -0.508 e. The number of aryl methyl sites for hydroxylation is 1. The highest BCUT2D eigenvalue weighted by atomic mass is 16.3. The van der Waals surface area contributed by atoms with E-state index in [1.165, 1.54) is 24.3 Å². The number of hydrogen-bond donors (Lipinski definition) is 3. The molecule has 0 spiro atoms. The largest absolute Gasteiger partial charge is 0.508 e. The number of phenols is 1. The molecule has 0 aliphatic heterocycles. The van der Waals surface area contributed by atoms with Crippen molar-refractivity contribution in [1.29, 1.82) is 0 Å². The Kier molecular flexibility index (Phi) is 6.28. The van der Waals surface area contributed by atoms with Crippen LogP contribution in [0.2, 0.25) is 0 Å². The average molecular weight is 339 g/mol. The molecule has 0 saturated carbocycles. The number of anilines is 1. The third-order valence-corrected chi connectivity index (χ3v) is 3.57. The topological polar surface area (TPSA) is 90.8 Å². The molecule has 2 aromatic rings. The highest BCUT2D eigenvalue weighted by molar-refractivity contribution is 6.06. The van der Waals surface area contributed by atoms with E-state index >= 15 is 0 Å². The summed E-state index contributed by atoms with van der Waals surface area (Å²) in [7, 11) is 0. The van der Waals surface area contributed by atoms with Crippen molar-refractivity contribution in [2.45, 2.75) is 26.7 Å². The Morgan fingerprint density at radius 1 is 1.08 bits per heavy atom. The predicted molar refractivity (Wildman–Crippen MR) is 97.7 cm³/mol. The number of hydrogen-bond acceptors (Lipinski definition) is 4. The third kappa shape index (κ3) is 5.46. The van der Waals surface area contributed by atoms with Crippen molar-refractivity contribution in [3.8, 4) is 5.75 Å². The number of hydrazone groups is 1. The Bertz CT molecular complexity index is 783.